The van der Waals surface area contributed by atoms with Crippen molar-refractivity contribution in [3.05, 3.63) is 71.8 Å². The first kappa shape index (κ1) is 88.5. The minimum atomic E-state index is -1.67. The van der Waals surface area contributed by atoms with Crippen molar-refractivity contribution in [2.45, 2.75) is 227 Å². The number of hydrogen-bond donors (Lipinski definition) is 16. The first-order valence-corrected chi connectivity index (χ1v) is 36.1. The molecule has 0 bridgehead atoms. The fourth-order valence-corrected chi connectivity index (χ4v) is 11.6. The van der Waals surface area contributed by atoms with Gasteiger partial charge in [-0.3, -0.25) is 72.1 Å². The molecule has 1 saturated heterocycles. The van der Waals surface area contributed by atoms with E-state index in [0.717, 1.165) is 11.1 Å². The number of nitrogens with two attached hydrogens (primary N) is 5. The van der Waals surface area contributed by atoms with E-state index in [4.69, 9.17) is 28.7 Å². The van der Waals surface area contributed by atoms with Crippen LogP contribution in [0.2, 0.25) is 0 Å². The number of guanidine groups is 1. The van der Waals surface area contributed by atoms with Crippen molar-refractivity contribution in [2.24, 2.45) is 69.2 Å². The van der Waals surface area contributed by atoms with Crippen LogP contribution in [0, 0.1) is 35.5 Å². The molecule has 0 saturated carbocycles. The number of nitrogens with one attached hydrogen (secondary N) is 11. The van der Waals surface area contributed by atoms with Crippen LogP contribution in [0.5, 0.6) is 0 Å². The molecule has 0 aromatic heterocycles. The number of benzene rings is 2. The third kappa shape index (κ3) is 30.3. The lowest BCUT2D eigenvalue weighted by Gasteiger charge is -2.32. The number of hydrogen-bond acceptors (Lipinski definition) is 16. The van der Waals surface area contributed by atoms with Crippen molar-refractivity contribution in [1.82, 2.24) is 63.4 Å². The zero-order valence-electron chi connectivity index (χ0n) is 62.4. The van der Waals surface area contributed by atoms with Crippen LogP contribution in [0.3, 0.4) is 0 Å². The number of amides is 14. The summed E-state index contributed by atoms with van der Waals surface area (Å²) in [6.07, 6.45) is 1.63. The van der Waals surface area contributed by atoms with Gasteiger partial charge in [-0.1, -0.05) is 163 Å². The minimum Gasteiger partial charge on any atom is -0.370 e. The van der Waals surface area contributed by atoms with E-state index in [-0.39, 0.29) is 75.8 Å². The summed E-state index contributed by atoms with van der Waals surface area (Å²) in [6, 6.07) is 4.71. The largest absolute Gasteiger partial charge is 0.370 e. The molecule has 0 spiro atoms. The van der Waals surface area contributed by atoms with Gasteiger partial charge in [-0.25, -0.2) is 0 Å². The van der Waals surface area contributed by atoms with E-state index in [1.807, 2.05) is 62.4 Å². The lowest BCUT2D eigenvalue weighted by molar-refractivity contribution is -0.142. The van der Waals surface area contributed by atoms with E-state index >= 15 is 0 Å². The highest BCUT2D eigenvalue weighted by atomic mass is 16.2. The normalized spacial score (nSPS) is 16.5. The van der Waals surface area contributed by atoms with Crippen LogP contribution in [0.4, 0.5) is 0 Å². The zero-order chi connectivity index (χ0) is 78.1. The van der Waals surface area contributed by atoms with E-state index in [1.165, 1.54) is 4.90 Å². The standard InChI is InChI=1S/C72H116N18O14/c1-13-42(10)58(89-68(101)57(41(8)9)87-66(99)53-29-23-31-90(53)71(104)52(35-46-26-20-17-21-27-46)85-62(95)47(73)34-45-24-18-16-19-25-45)67(100)80-37-55(92)81-48(28-22-30-78-72(76)77)64(97)88-60(44(12)15-3)70(103)84-50(33-40(6)7)65(98)83-51(36-54(74)91)63(96)79-38-56(93)86-59(43(11)14-2)69(102)82-49(61(75)94)32-39(4)5/h16-21,24-27,39-44,47-53,57-60H,13-15,22-23,28-38,73H2,1-12H3,(H2,74,91)(H2,75,94)(H,79,96)(H,80,100)(H,81,92)(H,82,102)(H,83,98)(H,84,103)(H,85,95)(H,86,93)(H,87,99)(H,88,97)(H,89,101)(H4,76,77,78)/t42-,43-,44-,47-,48-,49-,50-,51-,52-,53-,57-,58-,59-,60-/m0/s1. The topological polar surface area (TPSA) is 517 Å². The van der Waals surface area contributed by atoms with Crippen LogP contribution in [-0.2, 0) is 80.0 Å². The molecule has 0 unspecified atom stereocenters. The lowest BCUT2D eigenvalue weighted by Crippen LogP contribution is -2.61. The first-order chi connectivity index (χ1) is 49.0. The Kier molecular flexibility index (Phi) is 38.0. The minimum absolute atomic E-state index is 0.00692. The monoisotopic (exact) mass is 1460 g/mol. The van der Waals surface area contributed by atoms with Gasteiger partial charge in [0.1, 0.15) is 60.4 Å². The SMILES string of the molecule is CC[C@H](C)[C@H](NC(=O)CNC(=O)[C@H](CC(N)=O)NC(=O)[C@H](CC(C)C)NC(=O)[C@@H](NC(=O)[C@H](CCCN=C(N)N)NC(=O)CNC(=O)[C@@H](NC(=O)[C@@H](NC(=O)[C@@H]1CCCN1C(=O)[C@H](Cc1ccccc1)NC(=O)[C@@H](N)Cc1ccccc1)C(C)C)[C@@H](C)CC)[C@@H](C)CC)C(=O)N[C@@H](CC(C)C)C(N)=O. The average Bonchev–Trinajstić information content (AvgIpc) is 1.59. The Labute approximate surface area is 610 Å². The van der Waals surface area contributed by atoms with Crippen LogP contribution in [0.25, 0.3) is 0 Å². The molecule has 2 aromatic rings. The summed E-state index contributed by atoms with van der Waals surface area (Å²) in [4.78, 5) is 198. The first-order valence-electron chi connectivity index (χ1n) is 36.1. The van der Waals surface area contributed by atoms with Gasteiger partial charge in [0, 0.05) is 19.5 Å². The molecule has 3 rings (SSSR count). The molecular weight excluding hydrogens is 1340 g/mol. The van der Waals surface area contributed by atoms with Crippen molar-refractivity contribution < 1.29 is 67.1 Å². The quantitative estimate of drug-likeness (QED) is 0.0208. The Hall–Kier alpha value is -9.75. The Bertz CT molecular complexity index is 3240. The summed E-state index contributed by atoms with van der Waals surface area (Å²) >= 11 is 0. The molecule has 1 aliphatic heterocycles. The lowest BCUT2D eigenvalue weighted by atomic mass is 9.96. The van der Waals surface area contributed by atoms with Crippen molar-refractivity contribution >= 4 is 88.7 Å². The van der Waals surface area contributed by atoms with Crippen molar-refractivity contribution in [3.63, 3.8) is 0 Å². The van der Waals surface area contributed by atoms with Gasteiger partial charge in [0.25, 0.3) is 0 Å². The van der Waals surface area contributed by atoms with Gasteiger partial charge in [0.05, 0.1) is 25.6 Å². The number of aliphatic imine (C=N–C) groups is 1. The van der Waals surface area contributed by atoms with E-state index < -0.39 is 192 Å². The molecule has 0 aliphatic carbocycles. The third-order valence-electron chi connectivity index (χ3n) is 18.2. The van der Waals surface area contributed by atoms with Gasteiger partial charge in [-0.2, -0.15) is 0 Å². The van der Waals surface area contributed by atoms with Crippen LogP contribution in [0.1, 0.15) is 158 Å². The van der Waals surface area contributed by atoms with Gasteiger partial charge in [0.15, 0.2) is 5.96 Å². The van der Waals surface area contributed by atoms with E-state index in [9.17, 15) is 67.1 Å². The molecule has 104 heavy (non-hydrogen) atoms. The maximum absolute atomic E-state index is 14.5. The molecule has 32 heteroatoms. The van der Waals surface area contributed by atoms with Crippen LogP contribution in [0.15, 0.2) is 65.7 Å². The highest BCUT2D eigenvalue weighted by molar-refractivity contribution is 6.00. The fraction of sp³-hybridized carbons (Fsp3) is 0.625. The Morgan fingerprint density at radius 3 is 1.44 bits per heavy atom. The summed E-state index contributed by atoms with van der Waals surface area (Å²) in [5, 5.41) is 28.9. The fourth-order valence-electron chi connectivity index (χ4n) is 11.6. The number of primary amides is 2. The van der Waals surface area contributed by atoms with Crippen molar-refractivity contribution in [3.8, 4) is 0 Å². The number of carbonyl (C=O) groups excluding carboxylic acids is 14. The Morgan fingerprint density at radius 2 is 0.933 bits per heavy atom. The summed E-state index contributed by atoms with van der Waals surface area (Å²) in [5.74, 6) is -13.6. The van der Waals surface area contributed by atoms with Crippen molar-refractivity contribution in [2.75, 3.05) is 26.2 Å². The van der Waals surface area contributed by atoms with Crippen LogP contribution < -0.4 is 87.2 Å². The van der Waals surface area contributed by atoms with E-state index in [0.29, 0.717) is 25.7 Å². The summed E-state index contributed by atoms with van der Waals surface area (Å²) in [6.45, 7) is 19.7. The molecular formula is C72H116N18O14. The zero-order valence-corrected chi connectivity index (χ0v) is 62.4. The predicted octanol–water partition coefficient (Wildman–Crippen LogP) is -1.31. The summed E-state index contributed by atoms with van der Waals surface area (Å²) in [7, 11) is 0. The van der Waals surface area contributed by atoms with Crippen LogP contribution >= 0.6 is 0 Å². The summed E-state index contributed by atoms with van der Waals surface area (Å²) in [5.41, 5.74) is 30.1. The molecule has 0 radical (unpaired) electrons. The maximum Gasteiger partial charge on any atom is 0.246 e. The average molecular weight is 1460 g/mol. The van der Waals surface area contributed by atoms with Crippen molar-refractivity contribution in [1.29, 1.82) is 0 Å². The molecule has 1 heterocycles. The summed E-state index contributed by atoms with van der Waals surface area (Å²) < 4.78 is 0. The number of likely N-dealkylation sites (tertiary alicyclic amines) is 1. The highest BCUT2D eigenvalue weighted by Gasteiger charge is 2.42. The van der Waals surface area contributed by atoms with Gasteiger partial charge in [-0.05, 0) is 91.6 Å². The second kappa shape index (κ2) is 44.7. The molecule has 21 N–H and O–H groups in total. The second-order valence-corrected chi connectivity index (χ2v) is 28.2. The van der Waals surface area contributed by atoms with Gasteiger partial charge < -0.3 is 92.1 Å². The molecule has 1 aliphatic rings. The molecule has 578 valence electrons. The molecule has 2 aromatic carbocycles. The molecule has 14 atom stereocenters. The van der Waals surface area contributed by atoms with E-state index in [2.05, 4.69) is 63.5 Å². The number of rotatable bonds is 45. The highest BCUT2D eigenvalue weighted by Crippen LogP contribution is 2.22. The van der Waals surface area contributed by atoms with Gasteiger partial charge >= 0.3 is 0 Å². The van der Waals surface area contributed by atoms with Gasteiger partial charge in [-0.15, -0.1) is 0 Å². The molecule has 1 fully saturated rings. The maximum atomic E-state index is 14.5. The second-order valence-electron chi connectivity index (χ2n) is 28.2. The predicted molar refractivity (Wildman–Crippen MR) is 391 cm³/mol. The molecule has 32 nitrogen and oxygen atoms in total. The smallest absolute Gasteiger partial charge is 0.246 e. The van der Waals surface area contributed by atoms with E-state index in [1.54, 1.807) is 81.4 Å². The Balaban J connectivity index is 1.79. The molecule has 14 amide bonds. The van der Waals surface area contributed by atoms with Crippen LogP contribution in [-0.4, -0.2) is 186 Å². The number of nitrogens with zero attached hydrogens (tertiary/aromatic N) is 2. The van der Waals surface area contributed by atoms with Gasteiger partial charge in [0.2, 0.25) is 82.7 Å². The Morgan fingerprint density at radius 1 is 0.481 bits per heavy atom. The third-order valence-corrected chi connectivity index (χ3v) is 18.2. The number of carbonyl (C=O) groups is 14.